The lowest BCUT2D eigenvalue weighted by Gasteiger charge is -2.08. The molecule has 1 aromatic carbocycles. The Morgan fingerprint density at radius 3 is 2.52 bits per heavy atom. The van der Waals surface area contributed by atoms with Gasteiger partial charge in [0.15, 0.2) is 0 Å². The Balaban J connectivity index is 2.03. The molecule has 4 nitrogen and oxygen atoms in total. The molecule has 3 aromatic rings. The lowest BCUT2D eigenvalue weighted by Crippen LogP contribution is -2.14. The van der Waals surface area contributed by atoms with Crippen LogP contribution >= 0.6 is 22.7 Å². The van der Waals surface area contributed by atoms with Crippen molar-refractivity contribution >= 4 is 39.6 Å². The molecule has 0 spiro atoms. The zero-order chi connectivity index (χ0) is 17.8. The number of benzene rings is 1. The van der Waals surface area contributed by atoms with Gasteiger partial charge in [0.25, 0.3) is 5.91 Å². The zero-order valence-electron chi connectivity index (χ0n) is 13.9. The van der Waals surface area contributed by atoms with Crippen molar-refractivity contribution in [1.29, 1.82) is 0 Å². The van der Waals surface area contributed by atoms with Gasteiger partial charge in [-0.2, -0.15) is 0 Å². The van der Waals surface area contributed by atoms with Gasteiger partial charge in [-0.25, -0.2) is 4.79 Å². The Morgan fingerprint density at radius 1 is 1.12 bits per heavy atom. The van der Waals surface area contributed by atoms with E-state index in [0.717, 1.165) is 15.3 Å². The molecule has 0 aliphatic rings. The van der Waals surface area contributed by atoms with Crippen LogP contribution in [-0.2, 0) is 4.74 Å². The Morgan fingerprint density at radius 2 is 1.88 bits per heavy atom. The second-order valence-corrected chi connectivity index (χ2v) is 7.43. The van der Waals surface area contributed by atoms with Crippen LogP contribution in [0.25, 0.3) is 10.4 Å². The second-order valence-electron chi connectivity index (χ2n) is 5.26. The standard InChI is InChI=1S/C19H17NO3S2/c1-3-23-19(22)16-15(14-10-7-11-24-14)12(2)25-18(16)20-17(21)13-8-5-4-6-9-13/h4-11H,3H2,1-2H3,(H,20,21). The van der Waals surface area contributed by atoms with Crippen molar-refractivity contribution in [3.63, 3.8) is 0 Å². The van der Waals surface area contributed by atoms with Gasteiger partial charge in [-0.15, -0.1) is 22.7 Å². The van der Waals surface area contributed by atoms with Crippen LogP contribution in [0, 0.1) is 6.92 Å². The minimum Gasteiger partial charge on any atom is -0.462 e. The summed E-state index contributed by atoms with van der Waals surface area (Å²) in [4.78, 5) is 27.0. The third-order valence-corrected chi connectivity index (χ3v) is 5.50. The maximum atomic E-state index is 12.6. The van der Waals surface area contributed by atoms with E-state index < -0.39 is 5.97 Å². The molecule has 0 saturated carbocycles. The fourth-order valence-corrected chi connectivity index (χ4v) is 4.46. The summed E-state index contributed by atoms with van der Waals surface area (Å²) in [5, 5.41) is 5.36. The molecular formula is C19H17NO3S2. The average molecular weight is 371 g/mol. The van der Waals surface area contributed by atoms with Crippen molar-refractivity contribution in [1.82, 2.24) is 0 Å². The SMILES string of the molecule is CCOC(=O)c1c(NC(=O)c2ccccc2)sc(C)c1-c1cccs1. The van der Waals surface area contributed by atoms with Gasteiger partial charge in [-0.3, -0.25) is 4.79 Å². The van der Waals surface area contributed by atoms with Crippen LogP contribution in [0.5, 0.6) is 0 Å². The number of carbonyl (C=O) groups excluding carboxylic acids is 2. The summed E-state index contributed by atoms with van der Waals surface area (Å²) in [6.45, 7) is 3.99. The topological polar surface area (TPSA) is 55.4 Å². The number of thiophene rings is 2. The molecular weight excluding hydrogens is 354 g/mol. The Kier molecular flexibility index (Phi) is 5.31. The highest BCUT2D eigenvalue weighted by molar-refractivity contribution is 7.18. The number of aryl methyl sites for hydroxylation is 1. The number of esters is 1. The first-order chi connectivity index (χ1) is 12.1. The molecule has 0 saturated heterocycles. The highest BCUT2D eigenvalue weighted by Gasteiger charge is 2.26. The van der Waals surface area contributed by atoms with E-state index >= 15 is 0 Å². The Labute approximate surface area is 154 Å². The minimum absolute atomic E-state index is 0.245. The van der Waals surface area contributed by atoms with Gasteiger partial charge >= 0.3 is 5.97 Å². The second kappa shape index (κ2) is 7.63. The first-order valence-corrected chi connectivity index (χ1v) is 9.52. The first-order valence-electron chi connectivity index (χ1n) is 7.82. The molecule has 2 heterocycles. The fourth-order valence-electron chi connectivity index (χ4n) is 2.51. The van der Waals surface area contributed by atoms with Gasteiger partial charge in [0.2, 0.25) is 0 Å². The highest BCUT2D eigenvalue weighted by Crippen LogP contribution is 2.42. The maximum absolute atomic E-state index is 12.6. The molecule has 0 aliphatic carbocycles. The van der Waals surface area contributed by atoms with Crippen LogP contribution in [0.2, 0.25) is 0 Å². The molecule has 0 radical (unpaired) electrons. The number of rotatable bonds is 5. The average Bonchev–Trinajstić information content (AvgIpc) is 3.23. The lowest BCUT2D eigenvalue weighted by atomic mass is 10.1. The number of carbonyl (C=O) groups is 2. The lowest BCUT2D eigenvalue weighted by molar-refractivity contribution is 0.0529. The number of amides is 1. The highest BCUT2D eigenvalue weighted by atomic mass is 32.1. The van der Waals surface area contributed by atoms with Gasteiger partial charge in [0.1, 0.15) is 10.6 Å². The van der Waals surface area contributed by atoms with E-state index in [1.165, 1.54) is 11.3 Å². The number of nitrogens with one attached hydrogen (secondary N) is 1. The summed E-state index contributed by atoms with van der Waals surface area (Å²) in [7, 11) is 0. The molecule has 128 valence electrons. The van der Waals surface area contributed by atoms with Crippen molar-refractivity contribution < 1.29 is 14.3 Å². The normalized spacial score (nSPS) is 10.5. The third kappa shape index (κ3) is 3.65. The summed E-state index contributed by atoms with van der Waals surface area (Å²) in [5.74, 6) is -0.663. The van der Waals surface area contributed by atoms with Crippen LogP contribution < -0.4 is 5.32 Å². The molecule has 0 unspecified atom stereocenters. The van der Waals surface area contributed by atoms with E-state index in [0.29, 0.717) is 16.1 Å². The van der Waals surface area contributed by atoms with Gasteiger partial charge in [-0.1, -0.05) is 24.3 Å². The van der Waals surface area contributed by atoms with Crippen LogP contribution in [-0.4, -0.2) is 18.5 Å². The molecule has 0 aliphatic heterocycles. The van der Waals surface area contributed by atoms with E-state index in [4.69, 9.17) is 4.74 Å². The Bertz CT molecular complexity index is 883. The predicted molar refractivity (Wildman–Crippen MR) is 103 cm³/mol. The van der Waals surface area contributed by atoms with Crippen molar-refractivity contribution in [3.8, 4) is 10.4 Å². The van der Waals surface area contributed by atoms with Crippen molar-refractivity contribution in [2.45, 2.75) is 13.8 Å². The monoisotopic (exact) mass is 371 g/mol. The van der Waals surface area contributed by atoms with Gasteiger partial charge < -0.3 is 10.1 Å². The van der Waals surface area contributed by atoms with E-state index in [1.807, 2.05) is 30.5 Å². The molecule has 0 bridgehead atoms. The van der Waals surface area contributed by atoms with Crippen molar-refractivity contribution in [2.75, 3.05) is 11.9 Å². The molecule has 6 heteroatoms. The van der Waals surface area contributed by atoms with Crippen molar-refractivity contribution in [3.05, 3.63) is 63.8 Å². The quantitative estimate of drug-likeness (QED) is 0.626. The van der Waals surface area contributed by atoms with Crippen LogP contribution in [0.15, 0.2) is 47.8 Å². The molecule has 3 rings (SSSR count). The summed E-state index contributed by atoms with van der Waals surface area (Å²) in [5.41, 5.74) is 1.80. The van der Waals surface area contributed by atoms with E-state index in [1.54, 1.807) is 42.5 Å². The fraction of sp³-hybridized carbons (Fsp3) is 0.158. The first kappa shape index (κ1) is 17.4. The molecule has 0 fully saturated rings. The summed E-state index contributed by atoms with van der Waals surface area (Å²) in [6, 6.07) is 12.8. The maximum Gasteiger partial charge on any atom is 0.341 e. The van der Waals surface area contributed by atoms with E-state index in [9.17, 15) is 9.59 Å². The largest absolute Gasteiger partial charge is 0.462 e. The number of ether oxygens (including phenoxy) is 1. The minimum atomic E-state index is -0.418. The number of hydrogen-bond donors (Lipinski definition) is 1. The summed E-state index contributed by atoms with van der Waals surface area (Å²) < 4.78 is 5.23. The van der Waals surface area contributed by atoms with Crippen molar-refractivity contribution in [2.24, 2.45) is 0 Å². The zero-order valence-corrected chi connectivity index (χ0v) is 15.5. The number of hydrogen-bond acceptors (Lipinski definition) is 5. The van der Waals surface area contributed by atoms with Gasteiger partial charge in [-0.05, 0) is 37.4 Å². The molecule has 0 atom stereocenters. The van der Waals surface area contributed by atoms with Gasteiger partial charge in [0.05, 0.1) is 6.61 Å². The molecule has 1 N–H and O–H groups in total. The van der Waals surface area contributed by atoms with E-state index in [2.05, 4.69) is 5.32 Å². The van der Waals surface area contributed by atoms with Crippen LogP contribution in [0.1, 0.15) is 32.5 Å². The smallest absolute Gasteiger partial charge is 0.341 e. The van der Waals surface area contributed by atoms with Crippen LogP contribution in [0.4, 0.5) is 5.00 Å². The molecule has 25 heavy (non-hydrogen) atoms. The number of anilines is 1. The molecule has 2 aromatic heterocycles. The summed E-state index contributed by atoms with van der Waals surface area (Å²) in [6.07, 6.45) is 0. The Hall–Kier alpha value is -2.44. The third-order valence-electron chi connectivity index (χ3n) is 3.59. The predicted octanol–water partition coefficient (Wildman–Crippen LogP) is 5.21. The van der Waals surface area contributed by atoms with Gasteiger partial charge in [0, 0.05) is 20.9 Å². The molecule has 1 amide bonds. The van der Waals surface area contributed by atoms with Crippen LogP contribution in [0.3, 0.4) is 0 Å². The van der Waals surface area contributed by atoms with E-state index in [-0.39, 0.29) is 12.5 Å². The summed E-state index contributed by atoms with van der Waals surface area (Å²) >= 11 is 2.94.